The van der Waals surface area contributed by atoms with Gasteiger partial charge in [0.15, 0.2) is 0 Å². The fourth-order valence-electron chi connectivity index (χ4n) is 2.13. The Morgan fingerprint density at radius 3 is 2.84 bits per heavy atom. The van der Waals surface area contributed by atoms with E-state index in [0.717, 1.165) is 0 Å². The van der Waals surface area contributed by atoms with Gasteiger partial charge in [-0.15, -0.1) is 0 Å². The Labute approximate surface area is 109 Å². The number of nitro groups is 1. The minimum Gasteiger partial charge on any atom is -0.465 e. The van der Waals surface area contributed by atoms with Gasteiger partial charge in [0.05, 0.1) is 18.1 Å². The Kier molecular flexibility index (Phi) is 3.66. The third kappa shape index (κ3) is 2.65. The molecule has 7 nitrogen and oxygen atoms in total. The average Bonchev–Trinajstić information content (AvgIpc) is 2.83. The molecule has 7 heteroatoms. The molecule has 19 heavy (non-hydrogen) atoms. The summed E-state index contributed by atoms with van der Waals surface area (Å²) in [6.45, 7) is 1.11. The van der Waals surface area contributed by atoms with Gasteiger partial charge in [-0.1, -0.05) is 0 Å². The number of benzene rings is 1. The highest BCUT2D eigenvalue weighted by atomic mass is 16.6. The van der Waals surface area contributed by atoms with Crippen LogP contribution in [0.4, 0.5) is 11.4 Å². The van der Waals surface area contributed by atoms with Crippen LogP contribution in [-0.2, 0) is 4.74 Å². The van der Waals surface area contributed by atoms with E-state index in [1.165, 1.54) is 19.2 Å². The van der Waals surface area contributed by atoms with Crippen LogP contribution < -0.4 is 4.90 Å². The van der Waals surface area contributed by atoms with Crippen LogP contribution in [0.1, 0.15) is 16.8 Å². The molecule has 1 aromatic carbocycles. The highest BCUT2D eigenvalue weighted by molar-refractivity contribution is 5.95. The lowest BCUT2D eigenvalue weighted by atomic mass is 10.1. The Balaban J connectivity index is 2.38. The first-order valence-electron chi connectivity index (χ1n) is 5.82. The van der Waals surface area contributed by atoms with E-state index in [4.69, 9.17) is 0 Å². The Hall–Kier alpha value is -2.15. The van der Waals surface area contributed by atoms with Crippen LogP contribution >= 0.6 is 0 Å². The van der Waals surface area contributed by atoms with Gasteiger partial charge in [-0.2, -0.15) is 0 Å². The Morgan fingerprint density at radius 2 is 2.32 bits per heavy atom. The van der Waals surface area contributed by atoms with Crippen molar-refractivity contribution in [2.45, 2.75) is 12.5 Å². The molecule has 1 fully saturated rings. The minimum absolute atomic E-state index is 0.0774. The van der Waals surface area contributed by atoms with Crippen molar-refractivity contribution in [3.05, 3.63) is 33.9 Å². The molecule has 1 N–H and O–H groups in total. The number of ether oxygens (including phenoxy) is 1. The van der Waals surface area contributed by atoms with Crippen molar-refractivity contribution >= 4 is 17.3 Å². The first kappa shape index (κ1) is 13.3. The number of aliphatic hydroxyl groups excluding tert-OH is 1. The molecule has 102 valence electrons. The zero-order valence-corrected chi connectivity index (χ0v) is 10.4. The molecule has 1 aliphatic rings. The lowest BCUT2D eigenvalue weighted by molar-refractivity contribution is -0.385. The van der Waals surface area contributed by atoms with Crippen LogP contribution in [0.5, 0.6) is 0 Å². The van der Waals surface area contributed by atoms with Crippen molar-refractivity contribution in [3.8, 4) is 0 Å². The number of carbonyl (C=O) groups excluding carboxylic acids is 1. The fraction of sp³-hybridized carbons (Fsp3) is 0.417. The van der Waals surface area contributed by atoms with Crippen molar-refractivity contribution in [2.24, 2.45) is 0 Å². The summed E-state index contributed by atoms with van der Waals surface area (Å²) in [6, 6.07) is 4.29. The van der Waals surface area contributed by atoms with E-state index in [2.05, 4.69) is 4.74 Å². The molecular weight excluding hydrogens is 252 g/mol. The number of rotatable bonds is 3. The summed E-state index contributed by atoms with van der Waals surface area (Å²) >= 11 is 0. The van der Waals surface area contributed by atoms with Crippen LogP contribution in [0.15, 0.2) is 18.2 Å². The lowest BCUT2D eigenvalue weighted by Crippen LogP contribution is -2.21. The maximum atomic E-state index is 11.6. The summed E-state index contributed by atoms with van der Waals surface area (Å²) in [5.41, 5.74) is 0.310. The summed E-state index contributed by atoms with van der Waals surface area (Å²) in [5, 5.41) is 20.4. The van der Waals surface area contributed by atoms with Gasteiger partial charge >= 0.3 is 5.97 Å². The van der Waals surface area contributed by atoms with Crippen LogP contribution in [-0.4, -0.2) is 42.3 Å². The molecule has 1 aliphatic heterocycles. The monoisotopic (exact) mass is 266 g/mol. The van der Waals surface area contributed by atoms with Crippen molar-refractivity contribution in [2.75, 3.05) is 25.1 Å². The Bertz CT molecular complexity index is 517. The lowest BCUT2D eigenvalue weighted by Gasteiger charge is -2.18. The molecular formula is C12H14N2O5. The zero-order chi connectivity index (χ0) is 14.0. The molecule has 0 aromatic heterocycles. The van der Waals surface area contributed by atoms with Crippen molar-refractivity contribution in [1.82, 2.24) is 0 Å². The zero-order valence-electron chi connectivity index (χ0n) is 10.4. The molecule has 1 saturated heterocycles. The van der Waals surface area contributed by atoms with E-state index in [9.17, 15) is 20.0 Å². The molecule has 1 atom stereocenters. The molecule has 0 radical (unpaired) electrons. The minimum atomic E-state index is -0.742. The summed E-state index contributed by atoms with van der Waals surface area (Å²) < 4.78 is 4.55. The fourth-order valence-corrected chi connectivity index (χ4v) is 2.13. The molecule has 0 saturated carbocycles. The smallest absolute Gasteiger partial charge is 0.344 e. The van der Waals surface area contributed by atoms with Gasteiger partial charge < -0.3 is 14.7 Å². The van der Waals surface area contributed by atoms with E-state index < -0.39 is 17.0 Å². The number of esters is 1. The molecule has 2 rings (SSSR count). The normalized spacial score (nSPS) is 18.4. The first-order chi connectivity index (χ1) is 9.02. The number of aliphatic hydroxyl groups is 1. The van der Waals surface area contributed by atoms with Crippen LogP contribution in [0.25, 0.3) is 0 Å². The number of methoxy groups -OCH3 is 1. The Morgan fingerprint density at radius 1 is 1.58 bits per heavy atom. The summed E-state index contributed by atoms with van der Waals surface area (Å²) in [5.74, 6) is -0.742. The van der Waals surface area contributed by atoms with Gasteiger partial charge in [0.2, 0.25) is 0 Å². The van der Waals surface area contributed by atoms with E-state index in [1.54, 1.807) is 6.07 Å². The molecule has 0 spiro atoms. The first-order valence-corrected chi connectivity index (χ1v) is 5.82. The molecule has 1 heterocycles. The second kappa shape index (κ2) is 5.23. The maximum absolute atomic E-state index is 11.6. The van der Waals surface area contributed by atoms with Gasteiger partial charge in [0.25, 0.3) is 5.69 Å². The molecule has 0 aliphatic carbocycles. The standard InChI is InChI=1S/C12H14N2O5/c1-19-12(16)10-6-8(2-3-11(10)14(17)18)13-5-4-9(15)7-13/h2-3,6,9,15H,4-5,7H2,1H3/t9-/m1/s1. The van der Waals surface area contributed by atoms with Crippen molar-refractivity contribution in [3.63, 3.8) is 0 Å². The molecule has 0 bridgehead atoms. The predicted molar refractivity (Wildman–Crippen MR) is 67.3 cm³/mol. The van der Waals surface area contributed by atoms with Crippen LogP contribution in [0, 0.1) is 10.1 Å². The van der Waals surface area contributed by atoms with Gasteiger partial charge in [-0.05, 0) is 18.6 Å². The molecule has 0 unspecified atom stereocenters. The number of nitrogens with zero attached hydrogens (tertiary/aromatic N) is 2. The largest absolute Gasteiger partial charge is 0.465 e. The van der Waals surface area contributed by atoms with Gasteiger partial charge in [0.1, 0.15) is 5.56 Å². The number of hydrogen-bond acceptors (Lipinski definition) is 6. The number of carbonyl (C=O) groups is 1. The van der Waals surface area contributed by atoms with E-state index in [-0.39, 0.29) is 11.3 Å². The number of hydrogen-bond donors (Lipinski definition) is 1. The molecule has 1 aromatic rings. The summed E-state index contributed by atoms with van der Waals surface area (Å²) in [4.78, 5) is 23.7. The summed E-state index contributed by atoms with van der Waals surface area (Å²) in [7, 11) is 1.18. The third-order valence-electron chi connectivity index (χ3n) is 3.11. The highest BCUT2D eigenvalue weighted by Gasteiger charge is 2.25. The highest BCUT2D eigenvalue weighted by Crippen LogP contribution is 2.27. The van der Waals surface area contributed by atoms with Crippen LogP contribution in [0.2, 0.25) is 0 Å². The summed E-state index contributed by atoms with van der Waals surface area (Å²) in [6.07, 6.45) is 0.238. The maximum Gasteiger partial charge on any atom is 0.344 e. The van der Waals surface area contributed by atoms with Crippen LogP contribution in [0.3, 0.4) is 0 Å². The topological polar surface area (TPSA) is 92.9 Å². The predicted octanol–water partition coefficient (Wildman–Crippen LogP) is 0.952. The molecule has 0 amide bonds. The van der Waals surface area contributed by atoms with Gasteiger partial charge in [-0.3, -0.25) is 10.1 Å². The number of anilines is 1. The van der Waals surface area contributed by atoms with Gasteiger partial charge in [0, 0.05) is 24.8 Å². The quantitative estimate of drug-likeness (QED) is 0.497. The average molecular weight is 266 g/mol. The van der Waals surface area contributed by atoms with Crippen molar-refractivity contribution in [1.29, 1.82) is 0 Å². The second-order valence-electron chi connectivity index (χ2n) is 4.34. The van der Waals surface area contributed by atoms with E-state index in [1.807, 2.05) is 4.90 Å². The second-order valence-corrected chi connectivity index (χ2v) is 4.34. The van der Waals surface area contributed by atoms with Crippen molar-refractivity contribution < 1.29 is 19.6 Å². The van der Waals surface area contributed by atoms with E-state index >= 15 is 0 Å². The third-order valence-corrected chi connectivity index (χ3v) is 3.11. The number of nitro benzene ring substituents is 1. The van der Waals surface area contributed by atoms with Gasteiger partial charge in [-0.25, -0.2) is 4.79 Å². The van der Waals surface area contributed by atoms with E-state index in [0.29, 0.717) is 25.2 Å². The number of β-amino-alcohol motifs (C(OH)–C–C–N with tert-alkyl or cyclic N) is 1. The SMILES string of the molecule is COC(=O)c1cc(N2CC[C@@H](O)C2)ccc1[N+](=O)[O-].